The van der Waals surface area contributed by atoms with Gasteiger partial charge in [0.1, 0.15) is 6.33 Å². The summed E-state index contributed by atoms with van der Waals surface area (Å²) in [6.45, 7) is 3.48. The molecule has 0 saturated carbocycles. The zero-order valence-electron chi connectivity index (χ0n) is 10.1. The first-order chi connectivity index (χ1) is 9.29. The van der Waals surface area contributed by atoms with E-state index in [4.69, 9.17) is 0 Å². The van der Waals surface area contributed by atoms with Crippen LogP contribution in [0.25, 0.3) is 5.57 Å². The minimum absolute atomic E-state index is 0. The van der Waals surface area contributed by atoms with Crippen LogP contribution in [0.2, 0.25) is 0 Å². The van der Waals surface area contributed by atoms with Crippen LogP contribution in [0.5, 0.6) is 0 Å². The molecule has 2 heterocycles. The number of nitrogens with zero attached hydrogens (tertiary/aromatic N) is 3. The number of nitrogens with one attached hydrogen (secondary N) is 1. The lowest BCUT2D eigenvalue weighted by Gasteiger charge is -2.07. The maximum Gasteiger partial charge on any atom is 0.166 e. The van der Waals surface area contributed by atoms with Crippen molar-refractivity contribution in [2.24, 2.45) is 0 Å². The van der Waals surface area contributed by atoms with Crippen molar-refractivity contribution in [3.8, 4) is 0 Å². The molecule has 0 atom stereocenters. The summed E-state index contributed by atoms with van der Waals surface area (Å²) < 4.78 is 13.8. The van der Waals surface area contributed by atoms with E-state index >= 15 is 0 Å². The van der Waals surface area contributed by atoms with E-state index in [2.05, 4.69) is 26.8 Å². The molecule has 0 spiro atoms. The van der Waals surface area contributed by atoms with Crippen LogP contribution in [0.3, 0.4) is 0 Å². The highest BCUT2D eigenvalue weighted by molar-refractivity contribution is 5.83. The van der Waals surface area contributed by atoms with Crippen LogP contribution in [-0.4, -0.2) is 15.0 Å². The zero-order chi connectivity index (χ0) is 13.2. The lowest BCUT2D eigenvalue weighted by molar-refractivity contribution is 0.626. The Labute approximate surface area is 111 Å². The highest BCUT2D eigenvalue weighted by Gasteiger charge is 2.18. The Hall–Kier alpha value is -2.56. The summed E-state index contributed by atoms with van der Waals surface area (Å²) in [6.07, 6.45) is 9.03. The van der Waals surface area contributed by atoms with Gasteiger partial charge in [0, 0.05) is 31.4 Å². The molecule has 96 valence electrons. The number of rotatable bonds is 3. The second-order valence-electron chi connectivity index (χ2n) is 4.11. The number of fused-ring (bicyclic) bond motifs is 1. The van der Waals surface area contributed by atoms with Gasteiger partial charge in [-0.05, 0) is 17.8 Å². The second kappa shape index (κ2) is 4.61. The molecule has 2 aromatic rings. The van der Waals surface area contributed by atoms with Gasteiger partial charge in [0.05, 0.1) is 5.69 Å². The van der Waals surface area contributed by atoms with Crippen LogP contribution in [0.4, 0.5) is 10.2 Å². The normalized spacial score (nSPS) is 12.8. The lowest BCUT2D eigenvalue weighted by Crippen LogP contribution is -1.98. The average molecular weight is 256 g/mol. The summed E-state index contributed by atoms with van der Waals surface area (Å²) in [4.78, 5) is 12.3. The van der Waals surface area contributed by atoms with Crippen molar-refractivity contribution < 1.29 is 5.82 Å². The Balaban J connectivity index is 0.00000147. The van der Waals surface area contributed by atoms with Gasteiger partial charge in [0.2, 0.25) is 0 Å². The number of hydrogen-bond acceptors (Lipinski definition) is 4. The lowest BCUT2D eigenvalue weighted by atomic mass is 10.0. The molecule has 0 aromatic carbocycles. The third kappa shape index (κ3) is 1.99. The summed E-state index contributed by atoms with van der Waals surface area (Å²) >= 11 is 0. The van der Waals surface area contributed by atoms with Crippen LogP contribution in [0.15, 0.2) is 43.6 Å². The number of hydrogen-bond donors (Lipinski definition) is 1. The molecule has 0 fully saturated rings. The fourth-order valence-corrected chi connectivity index (χ4v) is 2.11. The first kappa shape index (κ1) is 11.5. The molecule has 0 unspecified atom stereocenters. The molecule has 0 aliphatic heterocycles. The molecule has 1 N–H and O–H groups in total. The third-order valence-corrected chi connectivity index (χ3v) is 2.98. The SMILES string of the molecule is C=CNc1ncc(C2=CCc3ncncc32)cc1F.[HH]. The molecule has 3 rings (SSSR count). The maximum atomic E-state index is 13.8. The molecule has 19 heavy (non-hydrogen) atoms. The quantitative estimate of drug-likeness (QED) is 0.917. The standard InChI is InChI=1S/C14H11FN4.H2/c1-2-17-14-12(15)5-9(6-18-14)10-3-4-13-11(10)7-16-8-19-13;/h2-3,5-8H,1,4H2,(H,17,18);1H. The van der Waals surface area contributed by atoms with Crippen molar-refractivity contribution >= 4 is 11.4 Å². The number of aromatic nitrogens is 3. The highest BCUT2D eigenvalue weighted by Crippen LogP contribution is 2.31. The monoisotopic (exact) mass is 256 g/mol. The molecular formula is C14H13FN4. The molecule has 1 aliphatic rings. The van der Waals surface area contributed by atoms with Gasteiger partial charge in [0.25, 0.3) is 0 Å². The Morgan fingerprint density at radius 3 is 3.05 bits per heavy atom. The van der Waals surface area contributed by atoms with Gasteiger partial charge in [0.15, 0.2) is 11.6 Å². The largest absolute Gasteiger partial charge is 0.345 e. The number of halogens is 1. The summed E-state index contributed by atoms with van der Waals surface area (Å²) in [5.41, 5.74) is 3.54. The van der Waals surface area contributed by atoms with E-state index in [1.807, 2.05) is 6.08 Å². The number of allylic oxidation sites excluding steroid dienone is 1. The van der Waals surface area contributed by atoms with Crippen LogP contribution in [-0.2, 0) is 6.42 Å². The highest BCUT2D eigenvalue weighted by atomic mass is 19.1. The molecule has 0 amide bonds. The summed E-state index contributed by atoms with van der Waals surface area (Å²) in [5, 5.41) is 2.65. The molecule has 5 heteroatoms. The van der Waals surface area contributed by atoms with Gasteiger partial charge in [-0.15, -0.1) is 0 Å². The van der Waals surface area contributed by atoms with Gasteiger partial charge in [-0.3, -0.25) is 0 Å². The molecule has 0 saturated heterocycles. The first-order valence-electron chi connectivity index (χ1n) is 5.82. The van der Waals surface area contributed by atoms with Gasteiger partial charge in [-0.2, -0.15) is 0 Å². The van der Waals surface area contributed by atoms with Crippen molar-refractivity contribution in [3.05, 3.63) is 66.3 Å². The van der Waals surface area contributed by atoms with E-state index in [1.165, 1.54) is 18.6 Å². The number of pyridine rings is 1. The number of anilines is 1. The molecule has 2 aromatic heterocycles. The van der Waals surface area contributed by atoms with Crippen molar-refractivity contribution in [2.45, 2.75) is 6.42 Å². The average Bonchev–Trinajstić information content (AvgIpc) is 2.85. The molecule has 0 radical (unpaired) electrons. The summed E-state index contributed by atoms with van der Waals surface area (Å²) in [6, 6.07) is 1.45. The van der Waals surface area contributed by atoms with E-state index in [1.54, 1.807) is 12.4 Å². The predicted octanol–water partition coefficient (Wildman–Crippen LogP) is 2.80. The topological polar surface area (TPSA) is 50.7 Å². The molecule has 1 aliphatic carbocycles. The molecule has 0 bridgehead atoms. The summed E-state index contributed by atoms with van der Waals surface area (Å²) in [5.74, 6) is -0.245. The Kier molecular flexibility index (Phi) is 2.79. The smallest absolute Gasteiger partial charge is 0.166 e. The van der Waals surface area contributed by atoms with E-state index in [9.17, 15) is 4.39 Å². The minimum Gasteiger partial charge on any atom is -0.345 e. The predicted molar refractivity (Wildman–Crippen MR) is 72.9 cm³/mol. The van der Waals surface area contributed by atoms with Gasteiger partial charge >= 0.3 is 0 Å². The fraction of sp³-hybridized carbons (Fsp3) is 0.0714. The van der Waals surface area contributed by atoms with E-state index in [-0.39, 0.29) is 7.24 Å². The van der Waals surface area contributed by atoms with E-state index < -0.39 is 5.82 Å². The Bertz CT molecular complexity index is 685. The summed E-state index contributed by atoms with van der Waals surface area (Å²) in [7, 11) is 0. The van der Waals surface area contributed by atoms with Crippen molar-refractivity contribution in [1.29, 1.82) is 0 Å². The second-order valence-corrected chi connectivity index (χ2v) is 4.11. The van der Waals surface area contributed by atoms with Crippen molar-refractivity contribution in [3.63, 3.8) is 0 Å². The van der Waals surface area contributed by atoms with Crippen LogP contribution in [0, 0.1) is 5.82 Å². The van der Waals surface area contributed by atoms with Crippen LogP contribution in [0.1, 0.15) is 18.2 Å². The minimum atomic E-state index is -0.413. The molecular weight excluding hydrogens is 243 g/mol. The molecule has 4 nitrogen and oxygen atoms in total. The van der Waals surface area contributed by atoms with E-state index in [0.29, 0.717) is 0 Å². The fourth-order valence-electron chi connectivity index (χ4n) is 2.11. The van der Waals surface area contributed by atoms with Gasteiger partial charge in [-0.1, -0.05) is 12.7 Å². The van der Waals surface area contributed by atoms with E-state index in [0.717, 1.165) is 28.8 Å². The zero-order valence-corrected chi connectivity index (χ0v) is 10.1. The van der Waals surface area contributed by atoms with Crippen molar-refractivity contribution in [2.75, 3.05) is 5.32 Å². The maximum absolute atomic E-state index is 13.8. The first-order valence-corrected chi connectivity index (χ1v) is 5.82. The van der Waals surface area contributed by atoms with Gasteiger partial charge in [-0.25, -0.2) is 19.3 Å². The van der Waals surface area contributed by atoms with Crippen molar-refractivity contribution in [1.82, 2.24) is 15.0 Å². The third-order valence-electron chi connectivity index (χ3n) is 2.98. The Morgan fingerprint density at radius 2 is 2.26 bits per heavy atom. The van der Waals surface area contributed by atoms with Crippen LogP contribution < -0.4 is 5.32 Å². The van der Waals surface area contributed by atoms with Crippen LogP contribution >= 0.6 is 0 Å². The Morgan fingerprint density at radius 1 is 1.37 bits per heavy atom. The van der Waals surface area contributed by atoms with Gasteiger partial charge < -0.3 is 5.32 Å².